The standard InChI is InChI=1S/C8H15N3O/c1-6(2)11-5-7(3-4-9)8(12)10-11/h5-6H,3-4,9H2,1-2H3,(H,10,12). The van der Waals surface area contributed by atoms with Gasteiger partial charge >= 0.3 is 0 Å². The van der Waals surface area contributed by atoms with Crippen molar-refractivity contribution < 1.29 is 0 Å². The van der Waals surface area contributed by atoms with Gasteiger partial charge in [-0.2, -0.15) is 0 Å². The molecule has 0 unspecified atom stereocenters. The van der Waals surface area contributed by atoms with Crippen molar-refractivity contribution >= 4 is 0 Å². The first kappa shape index (κ1) is 9.06. The average Bonchev–Trinajstić information content (AvgIpc) is 2.34. The number of aromatic amines is 1. The van der Waals surface area contributed by atoms with Gasteiger partial charge in [-0.1, -0.05) is 0 Å². The number of hydrogen-bond acceptors (Lipinski definition) is 2. The molecule has 0 saturated carbocycles. The highest BCUT2D eigenvalue weighted by molar-refractivity contribution is 5.05. The van der Waals surface area contributed by atoms with Crippen molar-refractivity contribution in [2.45, 2.75) is 26.3 Å². The minimum Gasteiger partial charge on any atom is -0.330 e. The maximum absolute atomic E-state index is 11.2. The summed E-state index contributed by atoms with van der Waals surface area (Å²) < 4.78 is 1.80. The summed E-state index contributed by atoms with van der Waals surface area (Å²) >= 11 is 0. The summed E-state index contributed by atoms with van der Waals surface area (Å²) in [6.07, 6.45) is 2.48. The third-order valence-corrected chi connectivity index (χ3v) is 1.79. The molecule has 0 fully saturated rings. The Bertz CT molecular complexity index is 297. The minimum atomic E-state index is -0.0193. The van der Waals surface area contributed by atoms with Crippen molar-refractivity contribution in [1.82, 2.24) is 9.78 Å². The predicted molar refractivity (Wildman–Crippen MR) is 48.2 cm³/mol. The van der Waals surface area contributed by atoms with E-state index in [1.807, 2.05) is 20.0 Å². The molecule has 0 radical (unpaired) electrons. The number of aromatic nitrogens is 2. The fraction of sp³-hybridized carbons (Fsp3) is 0.625. The lowest BCUT2D eigenvalue weighted by Gasteiger charge is -2.03. The molecule has 12 heavy (non-hydrogen) atoms. The monoisotopic (exact) mass is 169 g/mol. The number of H-pyrrole nitrogens is 1. The lowest BCUT2D eigenvalue weighted by atomic mass is 10.2. The summed E-state index contributed by atoms with van der Waals surface area (Å²) in [5.74, 6) is 0. The summed E-state index contributed by atoms with van der Waals surface area (Å²) in [5, 5.41) is 2.73. The number of rotatable bonds is 3. The number of nitrogens with zero attached hydrogens (tertiary/aromatic N) is 1. The van der Waals surface area contributed by atoms with E-state index in [-0.39, 0.29) is 5.56 Å². The smallest absolute Gasteiger partial charge is 0.267 e. The van der Waals surface area contributed by atoms with Gasteiger partial charge in [0.15, 0.2) is 0 Å². The third-order valence-electron chi connectivity index (χ3n) is 1.79. The van der Waals surface area contributed by atoms with Crippen LogP contribution in [-0.2, 0) is 6.42 Å². The predicted octanol–water partition coefficient (Wildman–Crippen LogP) is 0.259. The van der Waals surface area contributed by atoms with Gasteiger partial charge in [-0.25, -0.2) is 0 Å². The molecule has 0 saturated heterocycles. The molecular formula is C8H15N3O. The lowest BCUT2D eigenvalue weighted by Crippen LogP contribution is -2.12. The van der Waals surface area contributed by atoms with Crippen LogP contribution in [0.3, 0.4) is 0 Å². The van der Waals surface area contributed by atoms with Crippen molar-refractivity contribution in [1.29, 1.82) is 0 Å². The van der Waals surface area contributed by atoms with Crippen LogP contribution in [-0.4, -0.2) is 16.3 Å². The first-order chi connectivity index (χ1) is 5.65. The van der Waals surface area contributed by atoms with Crippen LogP contribution in [0.2, 0.25) is 0 Å². The second-order valence-electron chi connectivity index (χ2n) is 3.13. The molecule has 1 heterocycles. The molecule has 1 aromatic heterocycles. The molecule has 0 aliphatic carbocycles. The fourth-order valence-electron chi connectivity index (χ4n) is 1.06. The van der Waals surface area contributed by atoms with Crippen molar-refractivity contribution in [3.63, 3.8) is 0 Å². The van der Waals surface area contributed by atoms with Crippen molar-refractivity contribution in [2.24, 2.45) is 5.73 Å². The fourth-order valence-corrected chi connectivity index (χ4v) is 1.06. The second kappa shape index (κ2) is 3.58. The van der Waals surface area contributed by atoms with Crippen LogP contribution in [0.25, 0.3) is 0 Å². The van der Waals surface area contributed by atoms with Gasteiger partial charge < -0.3 is 5.73 Å². The third kappa shape index (κ3) is 1.76. The van der Waals surface area contributed by atoms with Gasteiger partial charge in [0.2, 0.25) is 0 Å². The molecule has 0 aromatic carbocycles. The highest BCUT2D eigenvalue weighted by Crippen LogP contribution is 2.01. The molecule has 4 nitrogen and oxygen atoms in total. The van der Waals surface area contributed by atoms with E-state index in [4.69, 9.17) is 5.73 Å². The van der Waals surface area contributed by atoms with Crippen LogP contribution in [0, 0.1) is 0 Å². The summed E-state index contributed by atoms with van der Waals surface area (Å²) in [6.45, 7) is 4.55. The van der Waals surface area contributed by atoms with Crippen LogP contribution in [0.5, 0.6) is 0 Å². The number of nitrogens with one attached hydrogen (secondary N) is 1. The number of nitrogens with two attached hydrogens (primary N) is 1. The SMILES string of the molecule is CC(C)n1cc(CCN)c(=O)[nH]1. The van der Waals surface area contributed by atoms with E-state index >= 15 is 0 Å². The largest absolute Gasteiger partial charge is 0.330 e. The van der Waals surface area contributed by atoms with Gasteiger partial charge in [-0.05, 0) is 26.8 Å². The summed E-state index contributed by atoms with van der Waals surface area (Å²) in [4.78, 5) is 11.2. The highest BCUT2D eigenvalue weighted by atomic mass is 16.1. The van der Waals surface area contributed by atoms with Gasteiger partial charge in [0.25, 0.3) is 5.56 Å². The van der Waals surface area contributed by atoms with Gasteiger partial charge in [0, 0.05) is 17.8 Å². The molecule has 0 atom stereocenters. The zero-order chi connectivity index (χ0) is 9.14. The van der Waals surface area contributed by atoms with Crippen LogP contribution < -0.4 is 11.3 Å². The first-order valence-electron chi connectivity index (χ1n) is 4.15. The molecule has 3 N–H and O–H groups in total. The molecule has 1 rings (SSSR count). The van der Waals surface area contributed by atoms with Crippen LogP contribution in [0.15, 0.2) is 11.0 Å². The Balaban J connectivity index is 2.93. The van der Waals surface area contributed by atoms with E-state index in [1.54, 1.807) is 4.68 Å². The van der Waals surface area contributed by atoms with E-state index in [0.717, 1.165) is 5.56 Å². The quantitative estimate of drug-likeness (QED) is 0.681. The molecule has 4 heteroatoms. The zero-order valence-electron chi connectivity index (χ0n) is 7.50. The van der Waals surface area contributed by atoms with Crippen LogP contribution >= 0.6 is 0 Å². The van der Waals surface area contributed by atoms with Gasteiger partial charge in [-0.15, -0.1) is 0 Å². The maximum Gasteiger partial charge on any atom is 0.267 e. The molecule has 0 spiro atoms. The van der Waals surface area contributed by atoms with Crippen LogP contribution in [0.4, 0.5) is 0 Å². The van der Waals surface area contributed by atoms with Gasteiger partial charge in [0.1, 0.15) is 0 Å². The van der Waals surface area contributed by atoms with Crippen molar-refractivity contribution in [2.75, 3.05) is 6.54 Å². The zero-order valence-corrected chi connectivity index (χ0v) is 7.50. The molecule has 0 aliphatic heterocycles. The first-order valence-corrected chi connectivity index (χ1v) is 4.15. The van der Waals surface area contributed by atoms with E-state index in [2.05, 4.69) is 5.10 Å². The molecule has 1 aromatic rings. The van der Waals surface area contributed by atoms with E-state index in [9.17, 15) is 4.79 Å². The molecule has 0 amide bonds. The minimum absolute atomic E-state index is 0.0193. The molecular weight excluding hydrogens is 154 g/mol. The Kier molecular flexibility index (Phi) is 2.70. The Morgan fingerprint density at radius 3 is 2.75 bits per heavy atom. The Morgan fingerprint density at radius 2 is 2.33 bits per heavy atom. The lowest BCUT2D eigenvalue weighted by molar-refractivity contribution is 0.528. The molecule has 0 aliphatic rings. The maximum atomic E-state index is 11.2. The summed E-state index contributed by atoms with van der Waals surface area (Å²) in [6, 6.07) is 0.296. The topological polar surface area (TPSA) is 63.8 Å². The van der Waals surface area contributed by atoms with Gasteiger partial charge in [-0.3, -0.25) is 14.6 Å². The normalized spacial score (nSPS) is 11.0. The number of hydrogen-bond donors (Lipinski definition) is 2. The van der Waals surface area contributed by atoms with Crippen molar-refractivity contribution in [3.05, 3.63) is 22.1 Å². The average molecular weight is 169 g/mol. The second-order valence-corrected chi connectivity index (χ2v) is 3.13. The Labute approximate surface area is 71.4 Å². The van der Waals surface area contributed by atoms with E-state index in [0.29, 0.717) is 19.0 Å². The van der Waals surface area contributed by atoms with E-state index < -0.39 is 0 Å². The summed E-state index contributed by atoms with van der Waals surface area (Å²) in [5.41, 5.74) is 6.10. The highest BCUT2D eigenvalue weighted by Gasteiger charge is 2.04. The molecule has 68 valence electrons. The Hall–Kier alpha value is -1.03. The van der Waals surface area contributed by atoms with Crippen LogP contribution in [0.1, 0.15) is 25.5 Å². The van der Waals surface area contributed by atoms with E-state index in [1.165, 1.54) is 0 Å². The van der Waals surface area contributed by atoms with Crippen molar-refractivity contribution in [3.8, 4) is 0 Å². The Morgan fingerprint density at radius 1 is 1.67 bits per heavy atom. The molecule has 0 bridgehead atoms. The van der Waals surface area contributed by atoms with Gasteiger partial charge in [0.05, 0.1) is 0 Å². The summed E-state index contributed by atoms with van der Waals surface area (Å²) in [7, 11) is 0.